The van der Waals surface area contributed by atoms with E-state index in [-0.39, 0.29) is 17.5 Å². The second-order valence-electron chi connectivity index (χ2n) is 4.13. The Bertz CT molecular complexity index is 480. The maximum Gasteiger partial charge on any atom is 0.350 e. The Morgan fingerprint density at radius 2 is 2.50 bits per heavy atom. The first-order chi connectivity index (χ1) is 7.54. The van der Waals surface area contributed by atoms with Gasteiger partial charge in [0.15, 0.2) is 0 Å². The number of rotatable bonds is 2. The number of nitrogens with zero attached hydrogens (tertiary/aromatic N) is 2. The first kappa shape index (κ1) is 10.9. The minimum Gasteiger partial charge on any atom is -0.386 e. The molecule has 0 fully saturated rings. The molecule has 5 nitrogen and oxygen atoms in total. The van der Waals surface area contributed by atoms with E-state index in [2.05, 4.69) is 4.98 Å². The molecule has 5 heteroatoms. The predicted molar refractivity (Wildman–Crippen MR) is 60.9 cm³/mol. The Morgan fingerprint density at radius 1 is 1.75 bits per heavy atom. The summed E-state index contributed by atoms with van der Waals surface area (Å²) in [5.74, 6) is 0.217. The smallest absolute Gasteiger partial charge is 0.350 e. The zero-order valence-electron chi connectivity index (χ0n) is 9.13. The van der Waals surface area contributed by atoms with Crippen molar-refractivity contribution in [2.24, 2.45) is 0 Å². The van der Waals surface area contributed by atoms with E-state index >= 15 is 0 Å². The number of aliphatic hydroxyl groups is 1. The van der Waals surface area contributed by atoms with Gasteiger partial charge in [0.1, 0.15) is 5.82 Å². The molecule has 0 spiro atoms. The van der Waals surface area contributed by atoms with Crippen molar-refractivity contribution in [3.8, 4) is 0 Å². The van der Waals surface area contributed by atoms with Crippen LogP contribution >= 0.6 is 0 Å². The standard InChI is InChI=1S/C11H15N3O2/c1-2-11(16)5-3-8(7-11)14-6-4-9(12)13-10(14)15/h3-6,8,16H,2,7H2,1H3,(H2,12,13,15)/t8-,11+/m0/s1. The molecule has 0 unspecified atom stereocenters. The molecule has 0 saturated carbocycles. The minimum atomic E-state index is -0.800. The van der Waals surface area contributed by atoms with Crippen molar-refractivity contribution in [2.45, 2.75) is 31.4 Å². The zero-order valence-corrected chi connectivity index (χ0v) is 9.13. The van der Waals surface area contributed by atoms with E-state index in [9.17, 15) is 9.90 Å². The maximum absolute atomic E-state index is 11.6. The van der Waals surface area contributed by atoms with Gasteiger partial charge in [-0.05, 0) is 12.5 Å². The normalized spacial score (nSPS) is 28.5. The molecule has 0 aromatic carbocycles. The molecule has 1 aromatic heterocycles. The lowest BCUT2D eigenvalue weighted by Gasteiger charge is -2.20. The average molecular weight is 221 g/mol. The molecule has 2 atom stereocenters. The second-order valence-corrected chi connectivity index (χ2v) is 4.13. The third-order valence-corrected chi connectivity index (χ3v) is 3.01. The molecule has 0 amide bonds. The van der Waals surface area contributed by atoms with Gasteiger partial charge in [0.05, 0.1) is 11.6 Å². The number of nitrogens with two attached hydrogens (primary N) is 1. The maximum atomic E-state index is 11.6. The topological polar surface area (TPSA) is 81.1 Å². The SMILES string of the molecule is CC[C@@]1(O)C=C[C@H](n2ccc(N)nc2=O)C1. The van der Waals surface area contributed by atoms with Crippen LogP contribution in [0.4, 0.5) is 5.82 Å². The highest BCUT2D eigenvalue weighted by Crippen LogP contribution is 2.32. The number of nitrogen functional groups attached to an aromatic ring is 1. The Balaban J connectivity index is 2.29. The molecule has 1 heterocycles. The van der Waals surface area contributed by atoms with Gasteiger partial charge in [-0.15, -0.1) is 0 Å². The third kappa shape index (κ3) is 1.86. The van der Waals surface area contributed by atoms with Crippen molar-refractivity contribution in [2.75, 3.05) is 5.73 Å². The molecule has 0 bridgehead atoms. The average Bonchev–Trinajstić information content (AvgIpc) is 2.62. The van der Waals surface area contributed by atoms with E-state index in [0.717, 1.165) is 0 Å². The van der Waals surface area contributed by atoms with Gasteiger partial charge in [-0.2, -0.15) is 4.98 Å². The summed E-state index contributed by atoms with van der Waals surface area (Å²) in [5.41, 5.74) is 4.23. The lowest BCUT2D eigenvalue weighted by Crippen LogP contribution is -2.29. The van der Waals surface area contributed by atoms with Gasteiger partial charge in [-0.25, -0.2) is 4.79 Å². The van der Waals surface area contributed by atoms with Gasteiger partial charge < -0.3 is 10.8 Å². The van der Waals surface area contributed by atoms with Crippen molar-refractivity contribution < 1.29 is 5.11 Å². The van der Waals surface area contributed by atoms with Gasteiger partial charge in [0.25, 0.3) is 0 Å². The Hall–Kier alpha value is -1.62. The zero-order chi connectivity index (χ0) is 11.8. The molecule has 0 saturated heterocycles. The highest BCUT2D eigenvalue weighted by Gasteiger charge is 2.31. The minimum absolute atomic E-state index is 0.134. The van der Waals surface area contributed by atoms with Crippen molar-refractivity contribution in [3.63, 3.8) is 0 Å². The van der Waals surface area contributed by atoms with Crippen LogP contribution in [-0.2, 0) is 0 Å². The molecule has 3 N–H and O–H groups in total. The van der Waals surface area contributed by atoms with Crippen LogP contribution in [-0.4, -0.2) is 20.3 Å². The van der Waals surface area contributed by atoms with Crippen LogP contribution in [0.5, 0.6) is 0 Å². The van der Waals surface area contributed by atoms with Crippen LogP contribution in [0, 0.1) is 0 Å². The third-order valence-electron chi connectivity index (χ3n) is 3.01. The van der Waals surface area contributed by atoms with Crippen molar-refractivity contribution in [3.05, 3.63) is 34.9 Å². The van der Waals surface area contributed by atoms with Crippen LogP contribution in [0.25, 0.3) is 0 Å². The predicted octanol–water partition coefficient (Wildman–Crippen LogP) is 0.468. The molecule has 1 aliphatic rings. The van der Waals surface area contributed by atoms with Crippen LogP contribution in [0.1, 0.15) is 25.8 Å². The molecule has 1 aromatic rings. The first-order valence-corrected chi connectivity index (χ1v) is 5.30. The summed E-state index contributed by atoms with van der Waals surface area (Å²) < 4.78 is 1.49. The van der Waals surface area contributed by atoms with Gasteiger partial charge in [0.2, 0.25) is 0 Å². The van der Waals surface area contributed by atoms with Crippen LogP contribution in [0.3, 0.4) is 0 Å². The van der Waals surface area contributed by atoms with Gasteiger partial charge in [-0.3, -0.25) is 4.57 Å². The number of hydrogen-bond acceptors (Lipinski definition) is 4. The van der Waals surface area contributed by atoms with Crippen molar-refractivity contribution in [1.29, 1.82) is 0 Å². The number of allylic oxidation sites excluding steroid dienone is 1. The van der Waals surface area contributed by atoms with E-state index < -0.39 is 5.60 Å². The van der Waals surface area contributed by atoms with Gasteiger partial charge in [-0.1, -0.05) is 19.1 Å². The number of aromatic nitrogens is 2. The summed E-state index contributed by atoms with van der Waals surface area (Å²) in [6.45, 7) is 1.91. The molecule has 0 aliphatic heterocycles. The highest BCUT2D eigenvalue weighted by molar-refractivity contribution is 5.24. The second kappa shape index (κ2) is 3.75. The summed E-state index contributed by atoms with van der Waals surface area (Å²) in [7, 11) is 0. The fraction of sp³-hybridized carbons (Fsp3) is 0.455. The fourth-order valence-electron chi connectivity index (χ4n) is 1.92. The summed E-state index contributed by atoms with van der Waals surface area (Å²) in [6.07, 6.45) is 6.34. The fourth-order valence-corrected chi connectivity index (χ4v) is 1.92. The number of hydrogen-bond donors (Lipinski definition) is 2. The van der Waals surface area contributed by atoms with Gasteiger partial charge >= 0.3 is 5.69 Å². The Labute approximate surface area is 93.2 Å². The largest absolute Gasteiger partial charge is 0.386 e. The highest BCUT2D eigenvalue weighted by atomic mass is 16.3. The summed E-state index contributed by atoms with van der Waals surface area (Å²) >= 11 is 0. The quantitative estimate of drug-likeness (QED) is 0.711. The number of anilines is 1. The summed E-state index contributed by atoms with van der Waals surface area (Å²) in [6, 6.07) is 1.45. The molecule has 2 rings (SSSR count). The molecular weight excluding hydrogens is 206 g/mol. The van der Waals surface area contributed by atoms with E-state index in [1.54, 1.807) is 18.3 Å². The van der Waals surface area contributed by atoms with Crippen LogP contribution in [0.2, 0.25) is 0 Å². The monoisotopic (exact) mass is 221 g/mol. The van der Waals surface area contributed by atoms with E-state index in [1.165, 1.54) is 4.57 Å². The summed E-state index contributed by atoms with van der Waals surface area (Å²) in [4.78, 5) is 15.2. The van der Waals surface area contributed by atoms with E-state index in [1.807, 2.05) is 13.0 Å². The van der Waals surface area contributed by atoms with E-state index in [0.29, 0.717) is 12.8 Å². The molecular formula is C11H15N3O2. The Morgan fingerprint density at radius 3 is 3.06 bits per heavy atom. The summed E-state index contributed by atoms with van der Waals surface area (Å²) in [5, 5.41) is 10.0. The first-order valence-electron chi connectivity index (χ1n) is 5.30. The molecule has 0 radical (unpaired) electrons. The molecule has 16 heavy (non-hydrogen) atoms. The van der Waals surface area contributed by atoms with Crippen LogP contribution < -0.4 is 11.4 Å². The Kier molecular flexibility index (Phi) is 2.55. The van der Waals surface area contributed by atoms with E-state index in [4.69, 9.17) is 5.73 Å². The lowest BCUT2D eigenvalue weighted by molar-refractivity contribution is 0.0778. The van der Waals surface area contributed by atoms with Gasteiger partial charge in [0, 0.05) is 12.6 Å². The van der Waals surface area contributed by atoms with Crippen molar-refractivity contribution in [1.82, 2.24) is 9.55 Å². The van der Waals surface area contributed by atoms with Crippen molar-refractivity contribution >= 4 is 5.82 Å². The molecule has 1 aliphatic carbocycles. The lowest BCUT2D eigenvalue weighted by atomic mass is 9.99. The van der Waals surface area contributed by atoms with Crippen LogP contribution in [0.15, 0.2) is 29.2 Å². The molecule has 86 valence electrons.